The molecule has 1 atom stereocenters. The minimum atomic E-state index is 0.518. The number of hydrogen-bond donors (Lipinski definition) is 1. The van der Waals surface area contributed by atoms with Gasteiger partial charge in [0, 0.05) is 36.7 Å². The minimum Gasteiger partial charge on any atom is -0.367 e. The van der Waals surface area contributed by atoms with Crippen LogP contribution in [-0.2, 0) is 0 Å². The summed E-state index contributed by atoms with van der Waals surface area (Å²) in [4.78, 5) is 11.1. The summed E-state index contributed by atoms with van der Waals surface area (Å²) < 4.78 is 0. The molecule has 2 rings (SSSR count). The monoisotopic (exact) mass is 280 g/mol. The molecule has 0 aromatic carbocycles. The quantitative estimate of drug-likeness (QED) is 0.867. The highest BCUT2D eigenvalue weighted by molar-refractivity contribution is 7.99. The molecule has 2 heterocycles. The molecule has 0 saturated carbocycles. The van der Waals surface area contributed by atoms with Crippen molar-refractivity contribution in [1.82, 2.24) is 9.97 Å². The maximum absolute atomic E-state index is 4.41. The van der Waals surface area contributed by atoms with E-state index in [1.807, 2.05) is 11.8 Å². The molecule has 1 aliphatic heterocycles. The van der Waals surface area contributed by atoms with Crippen LogP contribution in [-0.4, -0.2) is 40.6 Å². The lowest BCUT2D eigenvalue weighted by Gasteiger charge is -2.27. The van der Waals surface area contributed by atoms with Crippen molar-refractivity contribution < 1.29 is 0 Å². The third kappa shape index (κ3) is 4.27. The summed E-state index contributed by atoms with van der Waals surface area (Å²) in [6, 6.07) is 2.61. The summed E-state index contributed by atoms with van der Waals surface area (Å²) in [5.74, 6) is 4.41. The first-order valence-corrected chi connectivity index (χ1v) is 8.40. The number of hydrogen-bond acceptors (Lipinski definition) is 5. The van der Waals surface area contributed by atoms with E-state index in [1.165, 1.54) is 24.3 Å². The molecule has 0 radical (unpaired) electrons. The Morgan fingerprint density at radius 1 is 1.32 bits per heavy atom. The smallest absolute Gasteiger partial charge is 0.134 e. The summed E-state index contributed by atoms with van der Waals surface area (Å²) in [6.45, 7) is 6.62. The van der Waals surface area contributed by atoms with E-state index in [-0.39, 0.29) is 0 Å². The van der Waals surface area contributed by atoms with Crippen molar-refractivity contribution in [2.24, 2.45) is 0 Å². The summed E-state index contributed by atoms with van der Waals surface area (Å²) in [5.41, 5.74) is 0. The van der Waals surface area contributed by atoms with Gasteiger partial charge in [0.15, 0.2) is 0 Å². The van der Waals surface area contributed by atoms with Crippen molar-refractivity contribution in [1.29, 1.82) is 0 Å². The zero-order chi connectivity index (χ0) is 13.5. The Morgan fingerprint density at radius 3 is 2.79 bits per heavy atom. The molecule has 1 aromatic rings. The molecule has 1 fully saturated rings. The summed E-state index contributed by atoms with van der Waals surface area (Å²) in [5, 5.41) is 3.53. The molecule has 106 valence electrons. The van der Waals surface area contributed by atoms with Crippen molar-refractivity contribution in [3.05, 3.63) is 12.4 Å². The van der Waals surface area contributed by atoms with Gasteiger partial charge in [-0.2, -0.15) is 11.8 Å². The molecule has 0 aliphatic carbocycles. The van der Waals surface area contributed by atoms with E-state index < -0.39 is 0 Å². The van der Waals surface area contributed by atoms with E-state index in [4.69, 9.17) is 0 Å². The van der Waals surface area contributed by atoms with E-state index >= 15 is 0 Å². The van der Waals surface area contributed by atoms with Crippen molar-refractivity contribution in [2.45, 2.75) is 39.2 Å². The molecule has 1 aliphatic rings. The maximum Gasteiger partial charge on any atom is 0.134 e. The first-order valence-electron chi connectivity index (χ1n) is 7.24. The van der Waals surface area contributed by atoms with Crippen LogP contribution in [0.1, 0.15) is 33.1 Å². The van der Waals surface area contributed by atoms with Crippen LogP contribution in [0.4, 0.5) is 11.6 Å². The van der Waals surface area contributed by atoms with Gasteiger partial charge in [-0.15, -0.1) is 0 Å². The molecule has 1 N–H and O–H groups in total. The van der Waals surface area contributed by atoms with Gasteiger partial charge >= 0.3 is 0 Å². The van der Waals surface area contributed by atoms with Gasteiger partial charge in [-0.25, -0.2) is 9.97 Å². The SMILES string of the molecule is CCCC(CC)Nc1cc(N2CCSCC2)ncn1. The highest BCUT2D eigenvalue weighted by Crippen LogP contribution is 2.19. The Bertz CT molecular complexity index is 379. The standard InChI is InChI=1S/C14H24N4S/c1-3-5-12(4-2)17-13-10-14(16-11-15-13)18-6-8-19-9-7-18/h10-12H,3-9H2,1-2H3,(H,15,16,17). The van der Waals surface area contributed by atoms with Crippen LogP contribution in [0.5, 0.6) is 0 Å². The number of anilines is 2. The summed E-state index contributed by atoms with van der Waals surface area (Å²) in [7, 11) is 0. The van der Waals surface area contributed by atoms with Crippen LogP contribution in [0, 0.1) is 0 Å². The fourth-order valence-electron chi connectivity index (χ4n) is 2.33. The Kier molecular flexibility index (Phi) is 5.76. The van der Waals surface area contributed by atoms with Crippen molar-refractivity contribution in [3.8, 4) is 0 Å². The van der Waals surface area contributed by atoms with Gasteiger partial charge in [0.1, 0.15) is 18.0 Å². The van der Waals surface area contributed by atoms with Gasteiger partial charge in [-0.05, 0) is 12.8 Å². The molecular formula is C14H24N4S. The van der Waals surface area contributed by atoms with Gasteiger partial charge in [-0.3, -0.25) is 0 Å². The van der Waals surface area contributed by atoms with E-state index in [0.717, 1.165) is 31.1 Å². The van der Waals surface area contributed by atoms with Crippen molar-refractivity contribution in [2.75, 3.05) is 34.8 Å². The fraction of sp³-hybridized carbons (Fsp3) is 0.714. The number of aromatic nitrogens is 2. The summed E-state index contributed by atoms with van der Waals surface area (Å²) in [6.07, 6.45) is 5.20. The molecule has 0 amide bonds. The molecule has 19 heavy (non-hydrogen) atoms. The Balaban J connectivity index is 2.01. The topological polar surface area (TPSA) is 41.0 Å². The van der Waals surface area contributed by atoms with Crippen LogP contribution >= 0.6 is 11.8 Å². The van der Waals surface area contributed by atoms with Crippen molar-refractivity contribution in [3.63, 3.8) is 0 Å². The summed E-state index contributed by atoms with van der Waals surface area (Å²) >= 11 is 2.02. The largest absolute Gasteiger partial charge is 0.367 e. The molecule has 5 heteroatoms. The van der Waals surface area contributed by atoms with E-state index in [9.17, 15) is 0 Å². The molecule has 1 saturated heterocycles. The Hall–Kier alpha value is -0.970. The van der Waals surface area contributed by atoms with Crippen LogP contribution in [0.25, 0.3) is 0 Å². The van der Waals surface area contributed by atoms with E-state index in [1.54, 1.807) is 6.33 Å². The zero-order valence-corrected chi connectivity index (χ0v) is 12.7. The maximum atomic E-state index is 4.41. The average Bonchev–Trinajstić information content (AvgIpc) is 2.48. The lowest BCUT2D eigenvalue weighted by atomic mass is 10.1. The van der Waals surface area contributed by atoms with Crippen LogP contribution in [0.3, 0.4) is 0 Å². The molecule has 1 aromatic heterocycles. The predicted octanol–water partition coefficient (Wildman–Crippen LogP) is 3.02. The lowest BCUT2D eigenvalue weighted by molar-refractivity contribution is 0.620. The minimum absolute atomic E-state index is 0.518. The van der Waals surface area contributed by atoms with Gasteiger partial charge in [0.2, 0.25) is 0 Å². The molecule has 0 bridgehead atoms. The normalized spacial score (nSPS) is 17.3. The number of nitrogens with one attached hydrogen (secondary N) is 1. The lowest BCUT2D eigenvalue weighted by Crippen LogP contribution is -2.33. The number of rotatable bonds is 6. The highest BCUT2D eigenvalue weighted by atomic mass is 32.2. The molecule has 1 unspecified atom stereocenters. The Morgan fingerprint density at radius 2 is 2.11 bits per heavy atom. The van der Waals surface area contributed by atoms with Crippen LogP contribution in [0.15, 0.2) is 12.4 Å². The first kappa shape index (κ1) is 14.4. The van der Waals surface area contributed by atoms with Gasteiger partial charge in [0.05, 0.1) is 0 Å². The van der Waals surface area contributed by atoms with Crippen molar-refractivity contribution >= 4 is 23.4 Å². The predicted molar refractivity (Wildman–Crippen MR) is 84.2 cm³/mol. The second-order valence-electron chi connectivity index (χ2n) is 4.90. The van der Waals surface area contributed by atoms with Gasteiger partial charge < -0.3 is 10.2 Å². The Labute approximate surface area is 120 Å². The highest BCUT2D eigenvalue weighted by Gasteiger charge is 2.13. The third-order valence-electron chi connectivity index (χ3n) is 3.47. The van der Waals surface area contributed by atoms with E-state index in [0.29, 0.717) is 6.04 Å². The third-order valence-corrected chi connectivity index (χ3v) is 4.41. The van der Waals surface area contributed by atoms with E-state index in [2.05, 4.69) is 40.1 Å². The van der Waals surface area contributed by atoms with Gasteiger partial charge in [-0.1, -0.05) is 20.3 Å². The first-order chi connectivity index (χ1) is 9.33. The molecular weight excluding hydrogens is 256 g/mol. The van der Waals surface area contributed by atoms with Crippen LogP contribution < -0.4 is 10.2 Å². The fourth-order valence-corrected chi connectivity index (χ4v) is 3.23. The second kappa shape index (κ2) is 7.58. The second-order valence-corrected chi connectivity index (χ2v) is 6.12. The average molecular weight is 280 g/mol. The number of thioether (sulfide) groups is 1. The van der Waals surface area contributed by atoms with Crippen LogP contribution in [0.2, 0.25) is 0 Å². The zero-order valence-electron chi connectivity index (χ0n) is 11.9. The van der Waals surface area contributed by atoms with Gasteiger partial charge in [0.25, 0.3) is 0 Å². The number of nitrogens with zero attached hydrogens (tertiary/aromatic N) is 3. The molecule has 0 spiro atoms. The molecule has 4 nitrogen and oxygen atoms in total.